The average molecular weight is 234 g/mol. The summed E-state index contributed by atoms with van der Waals surface area (Å²) in [5.74, 6) is 1.09. The molecule has 0 bridgehead atoms. The van der Waals surface area contributed by atoms with E-state index in [0.717, 1.165) is 30.9 Å². The lowest BCUT2D eigenvalue weighted by Gasteiger charge is -2.28. The molecular formula is C14H22N2O. The van der Waals surface area contributed by atoms with E-state index in [1.807, 2.05) is 6.07 Å². The van der Waals surface area contributed by atoms with Crippen molar-refractivity contribution >= 4 is 0 Å². The third-order valence-electron chi connectivity index (χ3n) is 3.78. The van der Waals surface area contributed by atoms with E-state index >= 15 is 0 Å². The third kappa shape index (κ3) is 3.11. The van der Waals surface area contributed by atoms with Crippen molar-refractivity contribution < 1.29 is 4.42 Å². The highest BCUT2D eigenvalue weighted by atomic mass is 16.3. The molecule has 1 aromatic rings. The normalized spacial score (nSPS) is 22.0. The highest BCUT2D eigenvalue weighted by Gasteiger charge is 2.33. The molecule has 3 rings (SSSR count). The molecule has 0 amide bonds. The van der Waals surface area contributed by atoms with E-state index in [9.17, 15) is 0 Å². The minimum atomic E-state index is 0.605. The van der Waals surface area contributed by atoms with Crippen molar-refractivity contribution in [3.63, 3.8) is 0 Å². The molecule has 2 aliphatic carbocycles. The highest BCUT2D eigenvalue weighted by molar-refractivity contribution is 5.01. The zero-order chi connectivity index (χ0) is 11.7. The Morgan fingerprint density at radius 3 is 2.82 bits per heavy atom. The SMILES string of the molecule is CC(CNC1CC1)N(Cc1ccco1)C1CC1. The van der Waals surface area contributed by atoms with Crippen LogP contribution in [0.3, 0.4) is 0 Å². The van der Waals surface area contributed by atoms with Gasteiger partial charge in [0.1, 0.15) is 5.76 Å². The predicted molar refractivity (Wildman–Crippen MR) is 67.8 cm³/mol. The van der Waals surface area contributed by atoms with Crippen LogP contribution >= 0.6 is 0 Å². The van der Waals surface area contributed by atoms with Crippen molar-refractivity contribution in [2.75, 3.05) is 6.54 Å². The molecular weight excluding hydrogens is 212 g/mol. The van der Waals surface area contributed by atoms with E-state index in [1.165, 1.54) is 25.7 Å². The van der Waals surface area contributed by atoms with E-state index < -0.39 is 0 Å². The van der Waals surface area contributed by atoms with Gasteiger partial charge < -0.3 is 9.73 Å². The van der Waals surface area contributed by atoms with Crippen LogP contribution in [0.15, 0.2) is 22.8 Å². The summed E-state index contributed by atoms with van der Waals surface area (Å²) in [6.45, 7) is 4.41. The molecule has 94 valence electrons. The number of hydrogen-bond donors (Lipinski definition) is 1. The van der Waals surface area contributed by atoms with E-state index in [2.05, 4.69) is 23.2 Å². The number of hydrogen-bond acceptors (Lipinski definition) is 3. The largest absolute Gasteiger partial charge is 0.468 e. The Morgan fingerprint density at radius 2 is 2.24 bits per heavy atom. The molecule has 1 heterocycles. The highest BCUT2D eigenvalue weighted by Crippen LogP contribution is 2.30. The average Bonchev–Trinajstić information content (AvgIpc) is 3.24. The number of rotatable bonds is 7. The summed E-state index contributed by atoms with van der Waals surface area (Å²) in [4.78, 5) is 2.59. The van der Waals surface area contributed by atoms with Gasteiger partial charge in [0, 0.05) is 24.7 Å². The Kier molecular flexibility index (Phi) is 3.21. The van der Waals surface area contributed by atoms with Crippen LogP contribution in [0.25, 0.3) is 0 Å². The lowest BCUT2D eigenvalue weighted by molar-refractivity contribution is 0.171. The van der Waals surface area contributed by atoms with Gasteiger partial charge in [-0.3, -0.25) is 4.90 Å². The Bertz CT molecular complexity index is 341. The van der Waals surface area contributed by atoms with Gasteiger partial charge in [-0.15, -0.1) is 0 Å². The Hall–Kier alpha value is -0.800. The second kappa shape index (κ2) is 4.83. The third-order valence-corrected chi connectivity index (χ3v) is 3.78. The minimum absolute atomic E-state index is 0.605. The molecule has 2 fully saturated rings. The van der Waals surface area contributed by atoms with Crippen molar-refractivity contribution in [1.29, 1.82) is 0 Å². The first kappa shape index (κ1) is 11.3. The maximum absolute atomic E-state index is 5.47. The van der Waals surface area contributed by atoms with Gasteiger partial charge in [0.05, 0.1) is 12.8 Å². The first-order valence-electron chi connectivity index (χ1n) is 6.84. The van der Waals surface area contributed by atoms with Gasteiger partial charge in [-0.1, -0.05) is 0 Å². The van der Waals surface area contributed by atoms with Gasteiger partial charge in [0.2, 0.25) is 0 Å². The molecule has 0 radical (unpaired) electrons. The fourth-order valence-corrected chi connectivity index (χ4v) is 2.38. The van der Waals surface area contributed by atoms with Gasteiger partial charge in [-0.05, 0) is 44.7 Å². The Balaban J connectivity index is 1.54. The number of nitrogens with zero attached hydrogens (tertiary/aromatic N) is 1. The maximum atomic E-state index is 5.47. The summed E-state index contributed by atoms with van der Waals surface area (Å²) in [6.07, 6.45) is 7.22. The van der Waals surface area contributed by atoms with Crippen molar-refractivity contribution in [3.05, 3.63) is 24.2 Å². The molecule has 1 N–H and O–H groups in total. The van der Waals surface area contributed by atoms with Gasteiger partial charge in [-0.25, -0.2) is 0 Å². The first-order chi connectivity index (χ1) is 8.33. The molecule has 1 unspecified atom stereocenters. The van der Waals surface area contributed by atoms with Gasteiger partial charge in [0.25, 0.3) is 0 Å². The lowest BCUT2D eigenvalue weighted by Crippen LogP contribution is -2.41. The fraction of sp³-hybridized carbons (Fsp3) is 0.714. The summed E-state index contributed by atoms with van der Waals surface area (Å²) in [7, 11) is 0. The van der Waals surface area contributed by atoms with E-state index in [4.69, 9.17) is 4.42 Å². The minimum Gasteiger partial charge on any atom is -0.468 e. The second-order valence-corrected chi connectivity index (χ2v) is 5.51. The van der Waals surface area contributed by atoms with E-state index in [0.29, 0.717) is 6.04 Å². The first-order valence-corrected chi connectivity index (χ1v) is 6.84. The molecule has 1 aromatic heterocycles. The summed E-state index contributed by atoms with van der Waals surface area (Å²) >= 11 is 0. The van der Waals surface area contributed by atoms with Crippen molar-refractivity contribution in [1.82, 2.24) is 10.2 Å². The molecule has 3 heteroatoms. The van der Waals surface area contributed by atoms with Crippen LogP contribution in [0.5, 0.6) is 0 Å². The van der Waals surface area contributed by atoms with Crippen molar-refractivity contribution in [2.24, 2.45) is 0 Å². The van der Waals surface area contributed by atoms with Crippen LogP contribution in [0.4, 0.5) is 0 Å². The van der Waals surface area contributed by atoms with Crippen LogP contribution in [0, 0.1) is 0 Å². The molecule has 0 saturated heterocycles. The molecule has 0 aromatic carbocycles. The van der Waals surface area contributed by atoms with Crippen LogP contribution in [0.1, 0.15) is 38.4 Å². The zero-order valence-electron chi connectivity index (χ0n) is 10.6. The molecule has 3 nitrogen and oxygen atoms in total. The lowest BCUT2D eigenvalue weighted by atomic mass is 10.2. The Labute approximate surface area is 103 Å². The van der Waals surface area contributed by atoms with Gasteiger partial charge in [-0.2, -0.15) is 0 Å². The van der Waals surface area contributed by atoms with Crippen LogP contribution in [-0.4, -0.2) is 29.6 Å². The van der Waals surface area contributed by atoms with Gasteiger partial charge >= 0.3 is 0 Å². The fourth-order valence-electron chi connectivity index (χ4n) is 2.38. The number of nitrogens with one attached hydrogen (secondary N) is 1. The smallest absolute Gasteiger partial charge is 0.117 e. The summed E-state index contributed by atoms with van der Waals surface area (Å²) in [6, 6.07) is 6.26. The summed E-state index contributed by atoms with van der Waals surface area (Å²) in [5.41, 5.74) is 0. The number of furan rings is 1. The molecule has 0 spiro atoms. The molecule has 17 heavy (non-hydrogen) atoms. The van der Waals surface area contributed by atoms with Gasteiger partial charge in [0.15, 0.2) is 0 Å². The van der Waals surface area contributed by atoms with Crippen molar-refractivity contribution in [2.45, 2.75) is 57.3 Å². The van der Waals surface area contributed by atoms with Crippen LogP contribution < -0.4 is 5.32 Å². The Morgan fingerprint density at radius 1 is 1.41 bits per heavy atom. The van der Waals surface area contributed by atoms with Crippen LogP contribution in [0.2, 0.25) is 0 Å². The summed E-state index contributed by atoms with van der Waals surface area (Å²) < 4.78 is 5.47. The van der Waals surface area contributed by atoms with E-state index in [1.54, 1.807) is 6.26 Å². The topological polar surface area (TPSA) is 28.4 Å². The molecule has 2 saturated carbocycles. The maximum Gasteiger partial charge on any atom is 0.117 e. The predicted octanol–water partition coefficient (Wildman–Crippen LogP) is 2.38. The molecule has 0 aliphatic heterocycles. The monoisotopic (exact) mass is 234 g/mol. The standard InChI is InChI=1S/C14H22N2O/c1-11(9-15-12-4-5-12)16(13-6-7-13)10-14-3-2-8-17-14/h2-3,8,11-13,15H,4-7,9-10H2,1H3. The van der Waals surface area contributed by atoms with Crippen molar-refractivity contribution in [3.8, 4) is 0 Å². The van der Waals surface area contributed by atoms with E-state index in [-0.39, 0.29) is 0 Å². The second-order valence-electron chi connectivity index (χ2n) is 5.51. The quantitative estimate of drug-likeness (QED) is 0.785. The zero-order valence-corrected chi connectivity index (χ0v) is 10.6. The molecule has 2 aliphatic rings. The van der Waals surface area contributed by atoms with Crippen LogP contribution in [-0.2, 0) is 6.54 Å². The summed E-state index contributed by atoms with van der Waals surface area (Å²) in [5, 5.41) is 3.63. The molecule has 1 atom stereocenters.